The molecule has 3 rings (SSSR count). The third-order valence-electron chi connectivity index (χ3n) is 4.45. The first-order valence-corrected chi connectivity index (χ1v) is 9.17. The second-order valence-electron chi connectivity index (χ2n) is 7.77. The molecular formula is C22H22O2S. The predicted molar refractivity (Wildman–Crippen MR) is 103 cm³/mol. The summed E-state index contributed by atoms with van der Waals surface area (Å²) >= 11 is 1.92. The van der Waals surface area contributed by atoms with Gasteiger partial charge in [-0.2, -0.15) is 0 Å². The van der Waals surface area contributed by atoms with Crippen molar-refractivity contribution in [1.82, 2.24) is 0 Å². The van der Waals surface area contributed by atoms with E-state index in [1.54, 1.807) is 24.3 Å². The summed E-state index contributed by atoms with van der Waals surface area (Å²) in [5, 5.41) is 8.94. The van der Waals surface area contributed by atoms with Crippen LogP contribution in [0.5, 0.6) is 0 Å². The maximum absolute atomic E-state index is 10.9. The largest absolute Gasteiger partial charge is 0.478 e. The molecule has 0 bridgehead atoms. The minimum absolute atomic E-state index is 0.169. The van der Waals surface area contributed by atoms with Crippen LogP contribution in [-0.4, -0.2) is 15.8 Å². The van der Waals surface area contributed by atoms with Gasteiger partial charge in [0.15, 0.2) is 0 Å². The van der Waals surface area contributed by atoms with Crippen molar-refractivity contribution in [2.24, 2.45) is 0 Å². The molecule has 0 aliphatic carbocycles. The molecule has 0 saturated heterocycles. The predicted octanol–water partition coefficient (Wildman–Crippen LogP) is 5.34. The van der Waals surface area contributed by atoms with Gasteiger partial charge in [0.25, 0.3) is 0 Å². The number of benzene rings is 2. The first kappa shape index (κ1) is 17.6. The maximum atomic E-state index is 10.9. The van der Waals surface area contributed by atoms with E-state index >= 15 is 0 Å². The van der Waals surface area contributed by atoms with Gasteiger partial charge in [-0.3, -0.25) is 0 Å². The number of rotatable bonds is 1. The van der Waals surface area contributed by atoms with E-state index in [1.165, 1.54) is 10.5 Å². The second kappa shape index (κ2) is 6.28. The fourth-order valence-electron chi connectivity index (χ4n) is 3.58. The molecule has 0 unspecified atom stereocenters. The molecule has 2 aromatic rings. The molecule has 25 heavy (non-hydrogen) atoms. The van der Waals surface area contributed by atoms with Gasteiger partial charge in [-0.15, -0.1) is 11.8 Å². The molecule has 1 aliphatic rings. The lowest BCUT2D eigenvalue weighted by atomic mass is 9.77. The Labute approximate surface area is 153 Å². The van der Waals surface area contributed by atoms with Crippen molar-refractivity contribution in [3.63, 3.8) is 0 Å². The van der Waals surface area contributed by atoms with Crippen LogP contribution in [0, 0.1) is 11.8 Å². The van der Waals surface area contributed by atoms with E-state index in [2.05, 4.69) is 57.7 Å². The Bertz CT molecular complexity index is 880. The third-order valence-corrected chi connectivity index (χ3v) is 5.70. The van der Waals surface area contributed by atoms with Crippen molar-refractivity contribution in [1.29, 1.82) is 0 Å². The smallest absolute Gasteiger partial charge is 0.335 e. The molecule has 0 aromatic heterocycles. The molecule has 2 aromatic carbocycles. The minimum atomic E-state index is -0.920. The molecule has 0 spiro atoms. The van der Waals surface area contributed by atoms with E-state index in [0.29, 0.717) is 0 Å². The number of aromatic carboxylic acids is 1. The van der Waals surface area contributed by atoms with Gasteiger partial charge >= 0.3 is 5.97 Å². The molecule has 2 nitrogen and oxygen atoms in total. The average molecular weight is 350 g/mol. The molecule has 1 N–H and O–H groups in total. The Balaban J connectivity index is 1.90. The number of hydrogen-bond acceptors (Lipinski definition) is 2. The lowest BCUT2D eigenvalue weighted by Gasteiger charge is -2.41. The van der Waals surface area contributed by atoms with Crippen LogP contribution in [-0.2, 0) is 5.41 Å². The highest BCUT2D eigenvalue weighted by Gasteiger charge is 2.37. The molecule has 128 valence electrons. The van der Waals surface area contributed by atoms with Crippen LogP contribution >= 0.6 is 11.8 Å². The van der Waals surface area contributed by atoms with Crippen molar-refractivity contribution in [3.8, 4) is 11.8 Å². The van der Waals surface area contributed by atoms with E-state index in [-0.39, 0.29) is 15.7 Å². The van der Waals surface area contributed by atoms with Gasteiger partial charge in [-0.05, 0) is 53.8 Å². The summed E-state index contributed by atoms with van der Waals surface area (Å²) in [7, 11) is 0. The van der Waals surface area contributed by atoms with Crippen molar-refractivity contribution in [3.05, 3.63) is 64.7 Å². The molecule has 3 heteroatoms. The van der Waals surface area contributed by atoms with Gasteiger partial charge < -0.3 is 5.11 Å². The van der Waals surface area contributed by atoms with Crippen LogP contribution in [0.4, 0.5) is 0 Å². The SMILES string of the molecule is CC1(C)CC(C)(C)c2ccc(C#Cc3ccc(C(=O)O)cc3)cc2S1. The number of carboxylic acid groups (broad SMARTS) is 1. The summed E-state index contributed by atoms with van der Waals surface area (Å²) < 4.78 is 0.217. The van der Waals surface area contributed by atoms with Crippen molar-refractivity contribution < 1.29 is 9.90 Å². The molecule has 1 aliphatic heterocycles. The van der Waals surface area contributed by atoms with Gasteiger partial charge in [0.05, 0.1) is 5.56 Å². The fraction of sp³-hybridized carbons (Fsp3) is 0.318. The number of thioether (sulfide) groups is 1. The first-order chi connectivity index (χ1) is 11.7. The van der Waals surface area contributed by atoms with Crippen molar-refractivity contribution >= 4 is 17.7 Å². The van der Waals surface area contributed by atoms with E-state index in [9.17, 15) is 4.79 Å². The normalized spacial score (nSPS) is 17.1. The molecule has 0 atom stereocenters. The highest BCUT2D eigenvalue weighted by Crippen LogP contribution is 2.50. The van der Waals surface area contributed by atoms with E-state index in [4.69, 9.17) is 5.11 Å². The van der Waals surface area contributed by atoms with Crippen molar-refractivity contribution in [2.45, 2.75) is 49.2 Å². The van der Waals surface area contributed by atoms with Crippen LogP contribution in [0.15, 0.2) is 47.4 Å². The van der Waals surface area contributed by atoms with Gasteiger partial charge in [0.2, 0.25) is 0 Å². The number of hydrogen-bond donors (Lipinski definition) is 1. The zero-order valence-electron chi connectivity index (χ0n) is 15.0. The Morgan fingerprint density at radius 2 is 1.60 bits per heavy atom. The Hall–Kier alpha value is -2.18. The van der Waals surface area contributed by atoms with Crippen molar-refractivity contribution in [2.75, 3.05) is 0 Å². The summed E-state index contributed by atoms with van der Waals surface area (Å²) in [6, 6.07) is 13.1. The zero-order chi connectivity index (χ0) is 18.2. The highest BCUT2D eigenvalue weighted by atomic mass is 32.2. The summed E-state index contributed by atoms with van der Waals surface area (Å²) in [5.74, 6) is 5.41. The number of fused-ring (bicyclic) bond motifs is 1. The monoisotopic (exact) mass is 350 g/mol. The quantitative estimate of drug-likeness (QED) is 0.706. The lowest BCUT2D eigenvalue weighted by Crippen LogP contribution is -2.33. The van der Waals surface area contributed by atoms with E-state index in [0.717, 1.165) is 17.5 Å². The highest BCUT2D eigenvalue weighted by molar-refractivity contribution is 8.00. The Morgan fingerprint density at radius 3 is 2.24 bits per heavy atom. The number of carbonyl (C=O) groups is 1. The van der Waals surface area contributed by atoms with E-state index < -0.39 is 5.97 Å². The summed E-state index contributed by atoms with van der Waals surface area (Å²) in [4.78, 5) is 12.2. The van der Waals surface area contributed by atoms with Crippen LogP contribution in [0.3, 0.4) is 0 Å². The Kier molecular flexibility index (Phi) is 4.43. The molecule has 1 heterocycles. The minimum Gasteiger partial charge on any atom is -0.478 e. The van der Waals surface area contributed by atoms with Crippen LogP contribution < -0.4 is 0 Å². The third kappa shape index (κ3) is 3.91. The van der Waals surface area contributed by atoms with Gasteiger partial charge in [-0.1, -0.05) is 45.6 Å². The van der Waals surface area contributed by atoms with Gasteiger partial charge in [0.1, 0.15) is 0 Å². The topological polar surface area (TPSA) is 37.3 Å². The standard InChI is InChI=1S/C22H22O2S/c1-21(2)14-22(3,4)25-19-13-16(9-12-18(19)21)6-5-15-7-10-17(11-8-15)20(23)24/h7-13H,14H2,1-4H3,(H,23,24). The lowest BCUT2D eigenvalue weighted by molar-refractivity contribution is 0.0697. The van der Waals surface area contributed by atoms with Gasteiger partial charge in [-0.25, -0.2) is 4.79 Å². The average Bonchev–Trinajstić information content (AvgIpc) is 2.51. The molecule has 0 radical (unpaired) electrons. The molecular weight excluding hydrogens is 328 g/mol. The fourth-order valence-corrected chi connectivity index (χ4v) is 5.25. The van der Waals surface area contributed by atoms with E-state index in [1.807, 2.05) is 11.8 Å². The second-order valence-corrected chi connectivity index (χ2v) is 9.51. The summed E-state index contributed by atoms with van der Waals surface area (Å²) in [6.07, 6.45) is 1.15. The molecule has 0 fully saturated rings. The number of carboxylic acids is 1. The maximum Gasteiger partial charge on any atom is 0.335 e. The van der Waals surface area contributed by atoms with Crippen LogP contribution in [0.25, 0.3) is 0 Å². The van der Waals surface area contributed by atoms with Gasteiger partial charge in [0, 0.05) is 20.8 Å². The first-order valence-electron chi connectivity index (χ1n) is 8.35. The zero-order valence-corrected chi connectivity index (χ0v) is 15.8. The molecule has 0 saturated carbocycles. The summed E-state index contributed by atoms with van der Waals surface area (Å²) in [6.45, 7) is 9.21. The summed E-state index contributed by atoms with van der Waals surface area (Å²) in [5.41, 5.74) is 3.65. The molecule has 0 amide bonds. The van der Waals surface area contributed by atoms with Crippen LogP contribution in [0.1, 0.15) is 61.2 Å². The van der Waals surface area contributed by atoms with Crippen LogP contribution in [0.2, 0.25) is 0 Å². The Morgan fingerprint density at radius 1 is 1.00 bits per heavy atom.